The molecule has 0 radical (unpaired) electrons. The normalized spacial score (nSPS) is 18.1. The molecule has 1 aliphatic carbocycles. The Morgan fingerprint density at radius 1 is 1.23 bits per heavy atom. The van der Waals surface area contributed by atoms with E-state index in [-0.39, 0.29) is 23.6 Å². The number of aromatic nitrogens is 2. The van der Waals surface area contributed by atoms with E-state index in [2.05, 4.69) is 19.8 Å². The van der Waals surface area contributed by atoms with Gasteiger partial charge in [-0.1, -0.05) is 0 Å². The first-order chi connectivity index (χ1) is 14.9. The fourth-order valence-electron chi connectivity index (χ4n) is 3.72. The van der Waals surface area contributed by atoms with Crippen molar-refractivity contribution in [1.82, 2.24) is 14.9 Å². The molecule has 2 fully saturated rings. The quantitative estimate of drug-likeness (QED) is 0.407. The topological polar surface area (TPSA) is 113 Å². The number of benzene rings is 1. The van der Waals surface area contributed by atoms with E-state index in [1.165, 1.54) is 12.4 Å². The van der Waals surface area contributed by atoms with Crippen molar-refractivity contribution in [1.29, 1.82) is 0 Å². The summed E-state index contributed by atoms with van der Waals surface area (Å²) in [7, 11) is 0. The lowest BCUT2D eigenvalue weighted by molar-refractivity contribution is -0.111. The minimum atomic E-state index is -0.496. The molecule has 0 unspecified atom stereocenters. The molecule has 2 aromatic rings. The summed E-state index contributed by atoms with van der Waals surface area (Å²) in [5.74, 6) is 0.447. The molecular weight excluding hydrogens is 399 g/mol. The van der Waals surface area contributed by atoms with Gasteiger partial charge in [0.05, 0.1) is 5.56 Å². The molecule has 2 aliphatic rings. The predicted octanol–water partition coefficient (Wildman–Crippen LogP) is 0.230. The van der Waals surface area contributed by atoms with Gasteiger partial charge >= 0.3 is 0 Å². The molecule has 1 saturated carbocycles. The molecule has 166 valence electrons. The maximum Gasteiger partial charge on any atom is 0.232 e. The number of nitrogens with two attached hydrogens (primary N) is 2. The molecule has 8 nitrogen and oxygen atoms in total. The van der Waals surface area contributed by atoms with Crippen molar-refractivity contribution in [3.8, 4) is 5.75 Å². The highest BCUT2D eigenvalue weighted by Gasteiger charge is 2.41. The highest BCUT2D eigenvalue weighted by Crippen LogP contribution is 2.41. The first-order valence-electron chi connectivity index (χ1n) is 10.7. The minimum Gasteiger partial charge on any atom is -0.484 e. The summed E-state index contributed by atoms with van der Waals surface area (Å²) in [6, 6.07) is 4.65. The molecule has 1 saturated heterocycles. The fraction of sp³-hybridized carbons (Fsp3) is 0.500. The molecule has 9 heteroatoms. The zero-order chi connectivity index (χ0) is 22.0. The van der Waals surface area contributed by atoms with E-state index < -0.39 is 5.82 Å². The molecular formula is C22H30FN6O2+. The standard InChI is InChI=1S/C22H29FN6O2/c1-22(3-4-22)31-19-11-15(17(24)12-16(19)23)21(25)18-13-20(27-14-26-18)29-8-6-28(7-9-29)5-2-10-30/h11-14,25,30H,2-10,24H2,1H3/p+1. The number of aliphatic hydroxyl groups excluding tert-OH is 1. The van der Waals surface area contributed by atoms with Crippen molar-refractivity contribution in [2.45, 2.75) is 31.8 Å². The van der Waals surface area contributed by atoms with Gasteiger partial charge in [-0.3, -0.25) is 10.3 Å². The summed E-state index contributed by atoms with van der Waals surface area (Å²) in [6.07, 6.45) is 4.06. The Hall–Kier alpha value is -2.78. The second-order valence-electron chi connectivity index (χ2n) is 8.50. The number of anilines is 2. The van der Waals surface area contributed by atoms with E-state index in [1.54, 1.807) is 6.07 Å². The summed E-state index contributed by atoms with van der Waals surface area (Å²) >= 11 is 0. The van der Waals surface area contributed by atoms with Crippen molar-refractivity contribution in [3.05, 3.63) is 41.6 Å². The average Bonchev–Trinajstić information content (AvgIpc) is 3.51. The van der Waals surface area contributed by atoms with Crippen molar-refractivity contribution in [2.75, 3.05) is 50.0 Å². The van der Waals surface area contributed by atoms with E-state index >= 15 is 0 Å². The lowest BCUT2D eigenvalue weighted by atomic mass is 10.0. The number of rotatable bonds is 8. The Bertz CT molecular complexity index is 957. The van der Waals surface area contributed by atoms with Crippen molar-refractivity contribution < 1.29 is 19.6 Å². The number of ether oxygens (including phenoxy) is 1. The Morgan fingerprint density at radius 2 is 1.97 bits per heavy atom. The number of piperazine rings is 1. The number of aliphatic hydroxyl groups is 1. The summed E-state index contributed by atoms with van der Waals surface area (Å²) in [5, 5.41) is 15.4. The minimum absolute atomic E-state index is 0.153. The summed E-state index contributed by atoms with van der Waals surface area (Å²) in [6.45, 7) is 6.53. The van der Waals surface area contributed by atoms with Crippen molar-refractivity contribution >= 4 is 17.2 Å². The third-order valence-electron chi connectivity index (χ3n) is 5.96. The van der Waals surface area contributed by atoms with E-state index in [0.717, 1.165) is 57.8 Å². The maximum atomic E-state index is 14.4. The zero-order valence-electron chi connectivity index (χ0n) is 17.9. The number of hydrogen-bond donors (Lipinski definition) is 3. The van der Waals surface area contributed by atoms with Crippen LogP contribution in [-0.2, 0) is 0 Å². The molecule has 0 atom stereocenters. The van der Waals surface area contributed by atoms with Crippen LogP contribution in [0.15, 0.2) is 24.5 Å². The van der Waals surface area contributed by atoms with Crippen molar-refractivity contribution in [2.24, 2.45) is 0 Å². The first kappa shape index (κ1) is 21.5. The van der Waals surface area contributed by atoms with E-state index in [4.69, 9.17) is 21.0 Å². The summed E-state index contributed by atoms with van der Waals surface area (Å²) in [4.78, 5) is 13.2. The fourth-order valence-corrected chi connectivity index (χ4v) is 3.72. The van der Waals surface area contributed by atoms with Crippen LogP contribution in [0.5, 0.6) is 5.75 Å². The van der Waals surface area contributed by atoms with Gasteiger partial charge in [0, 0.05) is 57.2 Å². The average molecular weight is 430 g/mol. The van der Waals surface area contributed by atoms with Gasteiger partial charge in [-0.25, -0.2) is 14.4 Å². The van der Waals surface area contributed by atoms with E-state index in [0.29, 0.717) is 17.0 Å². The van der Waals surface area contributed by atoms with Gasteiger partial charge in [0.2, 0.25) is 5.71 Å². The van der Waals surface area contributed by atoms with Crippen LogP contribution in [0, 0.1) is 5.82 Å². The van der Waals surface area contributed by atoms with E-state index in [1.807, 2.05) is 13.0 Å². The third kappa shape index (κ3) is 4.94. The second kappa shape index (κ2) is 8.76. The molecule has 1 aromatic heterocycles. The second-order valence-corrected chi connectivity index (χ2v) is 8.50. The Labute approximate surface area is 181 Å². The summed E-state index contributed by atoms with van der Waals surface area (Å²) in [5.41, 5.74) is 7.38. The lowest BCUT2D eigenvalue weighted by Gasteiger charge is -2.35. The number of nitrogen functional groups attached to an aromatic ring is 1. The van der Waals surface area contributed by atoms with Crippen LogP contribution >= 0.6 is 0 Å². The largest absolute Gasteiger partial charge is 0.484 e. The van der Waals surface area contributed by atoms with Crippen LogP contribution < -0.4 is 20.8 Å². The maximum absolute atomic E-state index is 14.4. The van der Waals surface area contributed by atoms with Crippen molar-refractivity contribution in [3.63, 3.8) is 0 Å². The van der Waals surface area contributed by atoms with Gasteiger partial charge in [0.15, 0.2) is 11.6 Å². The monoisotopic (exact) mass is 429 g/mol. The highest BCUT2D eigenvalue weighted by atomic mass is 19.1. The van der Waals surface area contributed by atoms with E-state index in [9.17, 15) is 4.39 Å². The zero-order valence-corrected chi connectivity index (χ0v) is 17.9. The van der Waals surface area contributed by atoms with Gasteiger partial charge in [0.1, 0.15) is 23.4 Å². The predicted molar refractivity (Wildman–Crippen MR) is 117 cm³/mol. The molecule has 1 aromatic carbocycles. The van der Waals surface area contributed by atoms with Crippen LogP contribution in [0.1, 0.15) is 37.4 Å². The van der Waals surface area contributed by atoms with Gasteiger partial charge in [-0.05, 0) is 32.3 Å². The Morgan fingerprint density at radius 3 is 2.65 bits per heavy atom. The van der Waals surface area contributed by atoms with Gasteiger partial charge in [0.25, 0.3) is 0 Å². The van der Waals surface area contributed by atoms with Gasteiger partial charge in [-0.15, -0.1) is 0 Å². The summed E-state index contributed by atoms with van der Waals surface area (Å²) < 4.78 is 20.2. The number of halogens is 1. The molecule has 0 amide bonds. The van der Waals surface area contributed by atoms with Crippen LogP contribution in [0.3, 0.4) is 0 Å². The Kier molecular flexibility index (Phi) is 6.06. The van der Waals surface area contributed by atoms with Crippen LogP contribution in [0.4, 0.5) is 15.9 Å². The third-order valence-corrected chi connectivity index (χ3v) is 5.96. The number of nitrogens with zero attached hydrogens (tertiary/aromatic N) is 4. The molecule has 0 bridgehead atoms. The van der Waals surface area contributed by atoms with Crippen LogP contribution in [-0.4, -0.2) is 70.6 Å². The smallest absolute Gasteiger partial charge is 0.232 e. The molecule has 0 spiro atoms. The molecule has 5 N–H and O–H groups in total. The molecule has 2 heterocycles. The number of hydrogen-bond acceptors (Lipinski definition) is 7. The SMILES string of the molecule is CC1(Oc2cc(C(=[NH2+])c3cc(N4CCN(CCCO)CC4)ncn3)c(N)cc2F)CC1. The molecule has 4 rings (SSSR count). The van der Waals surface area contributed by atoms with Crippen LogP contribution in [0.2, 0.25) is 0 Å². The van der Waals surface area contributed by atoms with Gasteiger partial charge < -0.3 is 20.5 Å². The van der Waals surface area contributed by atoms with Crippen LogP contribution in [0.25, 0.3) is 0 Å². The molecule has 1 aliphatic heterocycles. The molecule has 31 heavy (non-hydrogen) atoms. The first-order valence-corrected chi connectivity index (χ1v) is 10.7. The van der Waals surface area contributed by atoms with Gasteiger partial charge in [-0.2, -0.15) is 0 Å². The lowest BCUT2D eigenvalue weighted by Crippen LogP contribution is -2.47. The highest BCUT2D eigenvalue weighted by molar-refractivity contribution is 6.11. The Balaban J connectivity index is 1.50.